The van der Waals surface area contributed by atoms with Crippen LogP contribution in [0.2, 0.25) is 0 Å². The van der Waals surface area contributed by atoms with E-state index in [1.807, 2.05) is 24.3 Å². The lowest BCUT2D eigenvalue weighted by atomic mass is 9.84. The maximum Gasteiger partial charge on any atom is 0.256 e. The molecule has 1 aliphatic heterocycles. The summed E-state index contributed by atoms with van der Waals surface area (Å²) in [4.78, 5) is 15.2. The van der Waals surface area contributed by atoms with Crippen LogP contribution in [0, 0.1) is 0 Å². The first-order valence-corrected chi connectivity index (χ1v) is 10.5. The van der Waals surface area contributed by atoms with Crippen LogP contribution in [0.5, 0.6) is 5.75 Å². The van der Waals surface area contributed by atoms with Crippen LogP contribution in [-0.2, 0) is 9.53 Å². The Labute approximate surface area is 163 Å². The third-order valence-corrected chi connectivity index (χ3v) is 5.91. The molecule has 1 aliphatic carbocycles. The largest absolute Gasteiger partial charge is 0.494 e. The van der Waals surface area contributed by atoms with Gasteiger partial charge in [0.1, 0.15) is 11.4 Å². The van der Waals surface area contributed by atoms with Crippen LogP contribution < -0.4 is 10.1 Å². The average molecular weight is 375 g/mol. The summed E-state index contributed by atoms with van der Waals surface area (Å²) in [5.41, 5.74) is 0.129. The highest BCUT2D eigenvalue weighted by molar-refractivity contribution is 5.97. The molecule has 1 N–H and O–H groups in total. The fourth-order valence-electron chi connectivity index (χ4n) is 4.19. The highest BCUT2D eigenvalue weighted by Gasteiger charge is 2.39. The third kappa shape index (κ3) is 5.69. The Kier molecular flexibility index (Phi) is 7.53. The molecule has 1 heterocycles. The molecule has 0 atom stereocenters. The number of benzene rings is 1. The second kappa shape index (κ2) is 10.1. The molecule has 1 amide bonds. The van der Waals surface area contributed by atoms with Crippen LogP contribution in [0.25, 0.3) is 0 Å². The number of amides is 1. The first-order chi connectivity index (χ1) is 13.2. The number of methoxy groups -OCH3 is 1. The number of carbonyl (C=O) groups is 1. The van der Waals surface area contributed by atoms with Gasteiger partial charge in [-0.2, -0.15) is 0 Å². The molecule has 1 saturated carbocycles. The molecule has 3 rings (SSSR count). The van der Waals surface area contributed by atoms with Gasteiger partial charge in [0.25, 0.3) is 5.91 Å². The smallest absolute Gasteiger partial charge is 0.256 e. The highest BCUT2D eigenvalue weighted by atomic mass is 16.5. The molecule has 0 bridgehead atoms. The lowest BCUT2D eigenvalue weighted by molar-refractivity contribution is -0.141. The average Bonchev–Trinajstić information content (AvgIpc) is 2.73. The van der Waals surface area contributed by atoms with Gasteiger partial charge in [-0.3, -0.25) is 4.79 Å². The van der Waals surface area contributed by atoms with Crippen molar-refractivity contribution in [1.82, 2.24) is 4.90 Å². The minimum absolute atomic E-state index is 0.0279. The summed E-state index contributed by atoms with van der Waals surface area (Å²) in [7, 11) is 1.64. The number of nitrogens with zero attached hydrogens (tertiary/aromatic N) is 1. The van der Waals surface area contributed by atoms with Gasteiger partial charge in [-0.05, 0) is 69.5 Å². The van der Waals surface area contributed by atoms with E-state index in [2.05, 4.69) is 10.2 Å². The summed E-state index contributed by atoms with van der Waals surface area (Å²) >= 11 is 0. The molecule has 5 nitrogen and oxygen atoms in total. The molecule has 2 aliphatic rings. The van der Waals surface area contributed by atoms with E-state index in [4.69, 9.17) is 9.47 Å². The van der Waals surface area contributed by atoms with Gasteiger partial charge >= 0.3 is 0 Å². The van der Waals surface area contributed by atoms with E-state index in [0.29, 0.717) is 0 Å². The second-order valence-corrected chi connectivity index (χ2v) is 7.84. The van der Waals surface area contributed by atoms with Gasteiger partial charge in [0, 0.05) is 19.3 Å². The van der Waals surface area contributed by atoms with Crippen molar-refractivity contribution < 1.29 is 14.3 Å². The molecule has 1 saturated heterocycles. The summed E-state index contributed by atoms with van der Waals surface area (Å²) in [5, 5.41) is 3.01. The van der Waals surface area contributed by atoms with E-state index in [9.17, 15) is 4.79 Å². The van der Waals surface area contributed by atoms with E-state index >= 15 is 0 Å². The van der Waals surface area contributed by atoms with Crippen molar-refractivity contribution >= 4 is 11.6 Å². The van der Waals surface area contributed by atoms with E-state index in [1.54, 1.807) is 7.11 Å². The number of likely N-dealkylation sites (tertiary alicyclic amines) is 1. The Morgan fingerprint density at radius 1 is 1.04 bits per heavy atom. The monoisotopic (exact) mass is 374 g/mol. The van der Waals surface area contributed by atoms with Crippen LogP contribution in [0.4, 0.5) is 5.69 Å². The Bertz CT molecular complexity index is 576. The number of nitrogens with one attached hydrogen (secondary N) is 1. The van der Waals surface area contributed by atoms with E-state index < -0.39 is 5.60 Å². The van der Waals surface area contributed by atoms with Gasteiger partial charge in [0.05, 0.1) is 6.61 Å². The Morgan fingerprint density at radius 2 is 1.70 bits per heavy atom. The molecule has 0 aromatic heterocycles. The fourth-order valence-corrected chi connectivity index (χ4v) is 4.19. The highest BCUT2D eigenvalue weighted by Crippen LogP contribution is 2.32. The van der Waals surface area contributed by atoms with Crippen LogP contribution in [0.15, 0.2) is 24.3 Å². The predicted molar refractivity (Wildman–Crippen MR) is 108 cm³/mol. The fraction of sp³-hybridized carbons (Fsp3) is 0.682. The van der Waals surface area contributed by atoms with Crippen LogP contribution >= 0.6 is 0 Å². The van der Waals surface area contributed by atoms with Crippen molar-refractivity contribution in [3.05, 3.63) is 24.3 Å². The predicted octanol–water partition coefficient (Wildman–Crippen LogP) is 4.23. The lowest BCUT2D eigenvalue weighted by Gasteiger charge is -2.34. The van der Waals surface area contributed by atoms with E-state index in [-0.39, 0.29) is 5.91 Å². The molecule has 0 unspecified atom stereocenters. The number of ether oxygens (including phenoxy) is 2. The molecule has 27 heavy (non-hydrogen) atoms. The first-order valence-electron chi connectivity index (χ1n) is 10.5. The second-order valence-electron chi connectivity index (χ2n) is 7.84. The SMILES string of the molecule is COC1(C(=O)Nc2ccc(OCCCN3CCCCC3)cc2)CCCCC1. The lowest BCUT2D eigenvalue weighted by Crippen LogP contribution is -2.46. The Hall–Kier alpha value is -1.59. The minimum Gasteiger partial charge on any atom is -0.494 e. The number of piperidine rings is 1. The van der Waals surface area contributed by atoms with Crippen molar-refractivity contribution in [2.75, 3.05) is 38.7 Å². The number of rotatable bonds is 8. The van der Waals surface area contributed by atoms with Crippen molar-refractivity contribution in [3.8, 4) is 5.75 Å². The van der Waals surface area contributed by atoms with Gasteiger partial charge in [-0.25, -0.2) is 0 Å². The van der Waals surface area contributed by atoms with Crippen LogP contribution in [-0.4, -0.2) is 49.8 Å². The van der Waals surface area contributed by atoms with Gasteiger partial charge in [0.15, 0.2) is 0 Å². The molecular formula is C22H34N2O3. The summed E-state index contributed by atoms with van der Waals surface area (Å²) in [5.74, 6) is 0.825. The summed E-state index contributed by atoms with van der Waals surface area (Å²) in [6.45, 7) is 4.32. The molecule has 0 radical (unpaired) electrons. The third-order valence-electron chi connectivity index (χ3n) is 5.91. The van der Waals surface area contributed by atoms with Gasteiger partial charge < -0.3 is 19.7 Å². The van der Waals surface area contributed by atoms with Gasteiger partial charge in [-0.15, -0.1) is 0 Å². The zero-order valence-corrected chi connectivity index (χ0v) is 16.7. The Morgan fingerprint density at radius 3 is 2.37 bits per heavy atom. The van der Waals surface area contributed by atoms with E-state index in [1.165, 1.54) is 38.8 Å². The topological polar surface area (TPSA) is 50.8 Å². The molecular weight excluding hydrogens is 340 g/mol. The standard InChI is InChI=1S/C22H34N2O3/c1-26-22(13-4-2-5-14-22)21(25)23-19-9-11-20(12-10-19)27-18-8-17-24-15-6-3-7-16-24/h9-12H,2-8,13-18H2,1H3,(H,23,25). The molecule has 5 heteroatoms. The zero-order valence-electron chi connectivity index (χ0n) is 16.7. The normalized spacial score (nSPS) is 20.2. The number of hydrogen-bond acceptors (Lipinski definition) is 4. The van der Waals surface area contributed by atoms with Gasteiger partial charge in [0.2, 0.25) is 0 Å². The summed E-state index contributed by atoms with van der Waals surface area (Å²) in [6, 6.07) is 7.67. The molecule has 1 aromatic carbocycles. The molecule has 2 fully saturated rings. The summed E-state index contributed by atoms with van der Waals surface area (Å²) in [6.07, 6.45) is 9.97. The van der Waals surface area contributed by atoms with Crippen molar-refractivity contribution in [1.29, 1.82) is 0 Å². The zero-order chi connectivity index (χ0) is 19.0. The Balaban J connectivity index is 1.42. The molecule has 0 spiro atoms. The quantitative estimate of drug-likeness (QED) is 0.692. The number of carbonyl (C=O) groups excluding carboxylic acids is 1. The van der Waals surface area contributed by atoms with Gasteiger partial charge in [-0.1, -0.05) is 25.7 Å². The van der Waals surface area contributed by atoms with E-state index in [0.717, 1.165) is 56.7 Å². The number of hydrogen-bond donors (Lipinski definition) is 1. The first kappa shape index (κ1) is 20.2. The van der Waals surface area contributed by atoms with Crippen LogP contribution in [0.1, 0.15) is 57.8 Å². The molecule has 150 valence electrons. The molecule has 1 aromatic rings. The van der Waals surface area contributed by atoms with Crippen molar-refractivity contribution in [2.24, 2.45) is 0 Å². The van der Waals surface area contributed by atoms with Crippen molar-refractivity contribution in [3.63, 3.8) is 0 Å². The maximum atomic E-state index is 12.7. The van der Waals surface area contributed by atoms with Crippen LogP contribution in [0.3, 0.4) is 0 Å². The maximum absolute atomic E-state index is 12.7. The summed E-state index contributed by atoms with van der Waals surface area (Å²) < 4.78 is 11.5. The minimum atomic E-state index is -0.665. The van der Waals surface area contributed by atoms with Crippen molar-refractivity contribution in [2.45, 2.75) is 63.4 Å². The number of anilines is 1.